The molecule has 0 aromatic carbocycles. The van der Waals surface area contributed by atoms with Gasteiger partial charge in [-0.3, -0.25) is 0 Å². The van der Waals surface area contributed by atoms with Crippen molar-refractivity contribution in [1.29, 1.82) is 0 Å². The number of aliphatic hydroxyl groups excluding tert-OH is 1. The first-order chi connectivity index (χ1) is 5.34. The van der Waals surface area contributed by atoms with E-state index in [0.717, 1.165) is 31.1 Å². The number of ether oxygens (including phenoxy) is 1. The van der Waals surface area contributed by atoms with Gasteiger partial charge in [-0.05, 0) is 12.2 Å². The number of thioether (sulfide) groups is 1. The minimum absolute atomic E-state index is 0.151. The second-order valence-electron chi connectivity index (χ2n) is 2.85. The number of hydrogen-bond donors (Lipinski definition) is 1. The van der Waals surface area contributed by atoms with Crippen molar-refractivity contribution in [2.75, 3.05) is 24.7 Å². The Morgan fingerprint density at radius 1 is 1.73 bits per heavy atom. The predicted octanol–water partition coefficient (Wildman–Crippen LogP) is 1.14. The van der Waals surface area contributed by atoms with E-state index in [1.165, 1.54) is 0 Å². The molecule has 0 aromatic heterocycles. The van der Waals surface area contributed by atoms with E-state index in [9.17, 15) is 5.11 Å². The third-order valence-corrected chi connectivity index (χ3v) is 2.99. The Labute approximate surface area is 72.3 Å². The van der Waals surface area contributed by atoms with E-state index in [1.54, 1.807) is 11.8 Å². The maximum absolute atomic E-state index is 9.58. The van der Waals surface area contributed by atoms with E-state index in [0.29, 0.717) is 5.92 Å². The summed E-state index contributed by atoms with van der Waals surface area (Å²) in [6.07, 6.45) is 0.883. The summed E-state index contributed by atoms with van der Waals surface area (Å²) in [7, 11) is 0. The highest BCUT2D eigenvalue weighted by atomic mass is 32.2. The molecule has 0 amide bonds. The Morgan fingerprint density at radius 3 is 3.09 bits per heavy atom. The minimum Gasteiger partial charge on any atom is -0.392 e. The first-order valence-corrected chi connectivity index (χ1v) is 5.33. The Balaban J connectivity index is 2.12. The molecule has 0 spiro atoms. The van der Waals surface area contributed by atoms with Gasteiger partial charge in [0.25, 0.3) is 0 Å². The Morgan fingerprint density at radius 2 is 2.55 bits per heavy atom. The van der Waals surface area contributed by atoms with Gasteiger partial charge in [-0.15, -0.1) is 0 Å². The molecule has 1 saturated heterocycles. The summed E-state index contributed by atoms with van der Waals surface area (Å²) < 4.78 is 5.19. The fourth-order valence-corrected chi connectivity index (χ4v) is 1.98. The van der Waals surface area contributed by atoms with Gasteiger partial charge >= 0.3 is 0 Å². The first-order valence-electron chi connectivity index (χ1n) is 4.18. The van der Waals surface area contributed by atoms with Gasteiger partial charge in [0.2, 0.25) is 0 Å². The molecule has 66 valence electrons. The van der Waals surface area contributed by atoms with Crippen molar-refractivity contribution in [3.8, 4) is 0 Å². The monoisotopic (exact) mass is 176 g/mol. The molecule has 0 aromatic rings. The highest BCUT2D eigenvalue weighted by Crippen LogP contribution is 2.19. The van der Waals surface area contributed by atoms with Crippen LogP contribution in [-0.4, -0.2) is 35.9 Å². The summed E-state index contributed by atoms with van der Waals surface area (Å²) in [4.78, 5) is 0. The van der Waals surface area contributed by atoms with Crippen LogP contribution in [0.4, 0.5) is 0 Å². The van der Waals surface area contributed by atoms with Crippen LogP contribution in [0, 0.1) is 5.92 Å². The molecule has 2 atom stereocenters. The number of aliphatic hydroxyl groups is 1. The molecule has 0 aliphatic carbocycles. The number of rotatable bonds is 4. The fraction of sp³-hybridized carbons (Fsp3) is 1.00. The van der Waals surface area contributed by atoms with E-state index in [1.807, 2.05) is 0 Å². The normalized spacial score (nSPS) is 27.3. The molecule has 2 nitrogen and oxygen atoms in total. The molecular weight excluding hydrogens is 160 g/mol. The fourth-order valence-electron chi connectivity index (χ4n) is 1.23. The zero-order chi connectivity index (χ0) is 8.10. The zero-order valence-corrected chi connectivity index (χ0v) is 7.77. The van der Waals surface area contributed by atoms with E-state index in [-0.39, 0.29) is 6.10 Å². The van der Waals surface area contributed by atoms with Crippen LogP contribution in [-0.2, 0) is 4.74 Å². The molecule has 2 unspecified atom stereocenters. The van der Waals surface area contributed by atoms with Crippen molar-refractivity contribution in [3.05, 3.63) is 0 Å². The highest BCUT2D eigenvalue weighted by Gasteiger charge is 2.23. The minimum atomic E-state index is -0.151. The molecule has 0 saturated carbocycles. The molecule has 0 radical (unpaired) electrons. The lowest BCUT2D eigenvalue weighted by molar-refractivity contribution is 0.109. The molecular formula is C8H16O2S. The van der Waals surface area contributed by atoms with Gasteiger partial charge in [-0.2, -0.15) is 11.8 Å². The van der Waals surface area contributed by atoms with Gasteiger partial charge in [0.05, 0.1) is 12.7 Å². The third kappa shape index (κ3) is 3.01. The van der Waals surface area contributed by atoms with Crippen molar-refractivity contribution in [2.45, 2.75) is 19.4 Å². The molecule has 1 aliphatic rings. The van der Waals surface area contributed by atoms with Crippen LogP contribution in [0.5, 0.6) is 0 Å². The van der Waals surface area contributed by atoms with Crippen LogP contribution >= 0.6 is 11.8 Å². The molecule has 0 bridgehead atoms. The topological polar surface area (TPSA) is 29.5 Å². The SMILES string of the molecule is CCSCC(O)C1CCOC1. The summed E-state index contributed by atoms with van der Waals surface area (Å²) >= 11 is 1.80. The Bertz CT molecular complexity index is 102. The molecule has 1 aliphatic heterocycles. The summed E-state index contributed by atoms with van der Waals surface area (Å²) in [5.74, 6) is 2.35. The zero-order valence-electron chi connectivity index (χ0n) is 6.95. The van der Waals surface area contributed by atoms with Crippen LogP contribution in [0.1, 0.15) is 13.3 Å². The van der Waals surface area contributed by atoms with Gasteiger partial charge < -0.3 is 9.84 Å². The lowest BCUT2D eigenvalue weighted by Crippen LogP contribution is -2.23. The van der Waals surface area contributed by atoms with Crippen molar-refractivity contribution in [3.63, 3.8) is 0 Å². The van der Waals surface area contributed by atoms with Crippen molar-refractivity contribution >= 4 is 11.8 Å². The second-order valence-corrected chi connectivity index (χ2v) is 4.17. The molecule has 1 fully saturated rings. The maximum Gasteiger partial charge on any atom is 0.0681 e. The van der Waals surface area contributed by atoms with Crippen molar-refractivity contribution in [2.24, 2.45) is 5.92 Å². The predicted molar refractivity (Wildman–Crippen MR) is 47.9 cm³/mol. The van der Waals surface area contributed by atoms with E-state index < -0.39 is 0 Å². The van der Waals surface area contributed by atoms with Crippen molar-refractivity contribution < 1.29 is 9.84 Å². The summed E-state index contributed by atoms with van der Waals surface area (Å²) in [5, 5.41) is 9.58. The molecule has 1 rings (SSSR count). The largest absolute Gasteiger partial charge is 0.392 e. The smallest absolute Gasteiger partial charge is 0.0681 e. The van der Waals surface area contributed by atoms with E-state index >= 15 is 0 Å². The van der Waals surface area contributed by atoms with Gasteiger partial charge in [0, 0.05) is 18.3 Å². The van der Waals surface area contributed by atoms with Crippen LogP contribution in [0.15, 0.2) is 0 Å². The average molecular weight is 176 g/mol. The number of hydrogen-bond acceptors (Lipinski definition) is 3. The first kappa shape index (κ1) is 9.36. The summed E-state index contributed by atoms with van der Waals surface area (Å²) in [6, 6.07) is 0. The van der Waals surface area contributed by atoms with Crippen LogP contribution in [0.25, 0.3) is 0 Å². The summed E-state index contributed by atoms with van der Waals surface area (Å²) in [6.45, 7) is 3.70. The Hall–Kier alpha value is 0.270. The van der Waals surface area contributed by atoms with Gasteiger partial charge in [0.1, 0.15) is 0 Å². The van der Waals surface area contributed by atoms with E-state index in [4.69, 9.17) is 4.74 Å². The quantitative estimate of drug-likeness (QED) is 0.696. The molecule has 1 heterocycles. The van der Waals surface area contributed by atoms with Crippen LogP contribution < -0.4 is 0 Å². The van der Waals surface area contributed by atoms with E-state index in [2.05, 4.69) is 6.92 Å². The highest BCUT2D eigenvalue weighted by molar-refractivity contribution is 7.99. The molecule has 1 N–H and O–H groups in total. The standard InChI is InChI=1S/C8H16O2S/c1-2-11-6-8(9)7-3-4-10-5-7/h7-9H,2-6H2,1H3. The maximum atomic E-state index is 9.58. The molecule has 3 heteroatoms. The Kier molecular flexibility index (Phi) is 4.26. The average Bonchev–Trinajstić information content (AvgIpc) is 2.52. The van der Waals surface area contributed by atoms with Gasteiger partial charge in [-0.25, -0.2) is 0 Å². The lowest BCUT2D eigenvalue weighted by Gasteiger charge is -2.14. The molecule has 11 heavy (non-hydrogen) atoms. The summed E-state index contributed by atoms with van der Waals surface area (Å²) in [5.41, 5.74) is 0. The lowest BCUT2D eigenvalue weighted by atomic mass is 10.0. The van der Waals surface area contributed by atoms with Gasteiger partial charge in [-0.1, -0.05) is 6.92 Å². The van der Waals surface area contributed by atoms with Crippen LogP contribution in [0.3, 0.4) is 0 Å². The van der Waals surface area contributed by atoms with Gasteiger partial charge in [0.15, 0.2) is 0 Å². The van der Waals surface area contributed by atoms with Crippen LogP contribution in [0.2, 0.25) is 0 Å². The third-order valence-electron chi connectivity index (χ3n) is 2.00. The second kappa shape index (κ2) is 5.01. The van der Waals surface area contributed by atoms with Crippen molar-refractivity contribution in [1.82, 2.24) is 0 Å².